The van der Waals surface area contributed by atoms with E-state index in [1.54, 1.807) is 0 Å². The molecule has 2 saturated carbocycles. The van der Waals surface area contributed by atoms with Crippen molar-refractivity contribution in [2.24, 2.45) is 5.92 Å². The maximum absolute atomic E-state index is 6.18. The summed E-state index contributed by atoms with van der Waals surface area (Å²) in [5.74, 6) is 1.43. The molecule has 1 aromatic carbocycles. The molecule has 2 nitrogen and oxygen atoms in total. The fourth-order valence-electron chi connectivity index (χ4n) is 5.06. The fourth-order valence-corrected chi connectivity index (χ4v) is 5.06. The van der Waals surface area contributed by atoms with Crippen molar-refractivity contribution in [1.82, 2.24) is 5.06 Å². The van der Waals surface area contributed by atoms with Crippen LogP contribution in [0.4, 0.5) is 0 Å². The minimum Gasteiger partial charge on any atom is -0.270 e. The maximum atomic E-state index is 6.18. The van der Waals surface area contributed by atoms with E-state index in [-0.39, 0.29) is 5.72 Å². The number of hydrogen-bond donors (Lipinski definition) is 0. The molecule has 2 spiro atoms. The lowest BCUT2D eigenvalue weighted by atomic mass is 9.65. The van der Waals surface area contributed by atoms with Crippen molar-refractivity contribution in [2.45, 2.75) is 55.7 Å². The van der Waals surface area contributed by atoms with Gasteiger partial charge >= 0.3 is 0 Å². The third-order valence-electron chi connectivity index (χ3n) is 5.92. The van der Waals surface area contributed by atoms with Crippen LogP contribution >= 0.6 is 0 Å². The van der Waals surface area contributed by atoms with Gasteiger partial charge in [-0.05, 0) is 31.2 Å². The van der Waals surface area contributed by atoms with Gasteiger partial charge < -0.3 is 0 Å². The molecule has 0 N–H and O–H groups in total. The van der Waals surface area contributed by atoms with Gasteiger partial charge in [0.05, 0.1) is 5.54 Å². The summed E-state index contributed by atoms with van der Waals surface area (Å²) in [5.41, 5.74) is 2.05. The highest BCUT2D eigenvalue weighted by Crippen LogP contribution is 2.74. The molecular weight excluding hydrogens is 222 g/mol. The molecule has 4 atom stereocenters. The van der Waals surface area contributed by atoms with Gasteiger partial charge in [-0.3, -0.25) is 4.84 Å². The van der Waals surface area contributed by atoms with Crippen LogP contribution in [0.5, 0.6) is 0 Å². The minimum atomic E-state index is 0.131. The molecule has 0 amide bonds. The Labute approximate surface area is 108 Å². The molecule has 4 aliphatic rings. The second-order valence-corrected chi connectivity index (χ2v) is 6.67. The number of hydroxylamine groups is 2. The van der Waals surface area contributed by atoms with Crippen LogP contribution in [0, 0.1) is 5.92 Å². The first-order chi connectivity index (χ1) is 8.85. The molecule has 0 aromatic heterocycles. The van der Waals surface area contributed by atoms with E-state index in [4.69, 9.17) is 4.84 Å². The van der Waals surface area contributed by atoms with Crippen LogP contribution in [-0.4, -0.2) is 16.3 Å². The van der Waals surface area contributed by atoms with Crippen LogP contribution in [0.2, 0.25) is 0 Å². The van der Waals surface area contributed by atoms with E-state index in [1.807, 2.05) is 0 Å². The first-order valence-electron chi connectivity index (χ1n) is 7.40. The fraction of sp³-hybridized carbons (Fsp3) is 0.625. The van der Waals surface area contributed by atoms with Crippen molar-refractivity contribution in [2.75, 3.05) is 0 Å². The summed E-state index contributed by atoms with van der Waals surface area (Å²) in [5, 5.41) is 2.43. The largest absolute Gasteiger partial charge is 0.270 e. The van der Waals surface area contributed by atoms with E-state index in [0.29, 0.717) is 11.5 Å². The zero-order chi connectivity index (χ0) is 11.8. The topological polar surface area (TPSA) is 15.5 Å². The van der Waals surface area contributed by atoms with E-state index in [1.165, 1.54) is 44.1 Å². The van der Waals surface area contributed by atoms with Crippen molar-refractivity contribution in [1.29, 1.82) is 0 Å². The summed E-state index contributed by atoms with van der Waals surface area (Å²) >= 11 is 0. The summed E-state index contributed by atoms with van der Waals surface area (Å²) in [4.78, 5) is 6.18. The Bertz CT molecular complexity index is 493. The summed E-state index contributed by atoms with van der Waals surface area (Å²) in [6, 6.07) is 11.0. The molecule has 1 aromatic rings. The quantitative estimate of drug-likeness (QED) is 0.700. The monoisotopic (exact) mass is 241 g/mol. The number of rotatable bonds is 1. The van der Waals surface area contributed by atoms with Crippen molar-refractivity contribution in [3.05, 3.63) is 35.9 Å². The van der Waals surface area contributed by atoms with Gasteiger partial charge in [0.2, 0.25) is 0 Å². The minimum absolute atomic E-state index is 0.131. The van der Waals surface area contributed by atoms with Gasteiger partial charge in [-0.25, -0.2) is 0 Å². The number of nitrogens with zero attached hydrogens (tertiary/aromatic N) is 1. The zero-order valence-corrected chi connectivity index (χ0v) is 10.6. The summed E-state index contributed by atoms with van der Waals surface area (Å²) in [6.45, 7) is 0. The molecule has 4 unspecified atom stereocenters. The Kier molecular flexibility index (Phi) is 1.66. The van der Waals surface area contributed by atoms with E-state index in [9.17, 15) is 0 Å². The summed E-state index contributed by atoms with van der Waals surface area (Å²) in [6.07, 6.45) is 8.27. The van der Waals surface area contributed by atoms with Gasteiger partial charge in [0, 0.05) is 11.8 Å². The van der Waals surface area contributed by atoms with Gasteiger partial charge in [0.15, 0.2) is 5.72 Å². The molecule has 2 heterocycles. The SMILES string of the molecule is c1ccc(C2CC3CC4(CCCC4)N4OC324)cc1. The highest BCUT2D eigenvalue weighted by atomic mass is 16.9. The van der Waals surface area contributed by atoms with Crippen molar-refractivity contribution >= 4 is 0 Å². The van der Waals surface area contributed by atoms with Crippen LogP contribution in [0.25, 0.3) is 0 Å². The molecule has 4 fully saturated rings. The second kappa shape index (κ2) is 3.00. The average Bonchev–Trinajstić information content (AvgIpc) is 3.00. The van der Waals surface area contributed by atoms with Crippen molar-refractivity contribution in [3.8, 4) is 0 Å². The van der Waals surface area contributed by atoms with Crippen LogP contribution in [0.15, 0.2) is 30.3 Å². The van der Waals surface area contributed by atoms with Gasteiger partial charge in [-0.1, -0.05) is 43.2 Å². The van der Waals surface area contributed by atoms with Crippen molar-refractivity contribution < 1.29 is 4.84 Å². The summed E-state index contributed by atoms with van der Waals surface area (Å²) < 4.78 is 0. The van der Waals surface area contributed by atoms with Crippen LogP contribution in [0.1, 0.15) is 50.0 Å². The van der Waals surface area contributed by atoms with E-state index in [0.717, 1.165) is 5.92 Å². The lowest BCUT2D eigenvalue weighted by Crippen LogP contribution is -2.42. The molecule has 5 rings (SSSR count). The second-order valence-electron chi connectivity index (χ2n) is 6.67. The van der Waals surface area contributed by atoms with E-state index >= 15 is 0 Å². The van der Waals surface area contributed by atoms with Gasteiger partial charge in [-0.15, -0.1) is 5.06 Å². The Morgan fingerprint density at radius 3 is 2.61 bits per heavy atom. The van der Waals surface area contributed by atoms with E-state index in [2.05, 4.69) is 35.4 Å². The van der Waals surface area contributed by atoms with E-state index < -0.39 is 0 Å². The number of benzene rings is 1. The number of fused-ring (bicyclic) bond motifs is 1. The van der Waals surface area contributed by atoms with Gasteiger partial charge in [0.1, 0.15) is 0 Å². The van der Waals surface area contributed by atoms with Gasteiger partial charge in [-0.2, -0.15) is 0 Å². The molecule has 2 heteroatoms. The van der Waals surface area contributed by atoms with Gasteiger partial charge in [0.25, 0.3) is 0 Å². The molecule has 2 aliphatic carbocycles. The summed E-state index contributed by atoms with van der Waals surface area (Å²) in [7, 11) is 0. The first kappa shape index (κ1) is 9.99. The Balaban J connectivity index is 1.49. The Morgan fingerprint density at radius 2 is 1.89 bits per heavy atom. The molecule has 0 bridgehead atoms. The lowest BCUT2D eigenvalue weighted by Gasteiger charge is -2.39. The average molecular weight is 241 g/mol. The Hall–Kier alpha value is -0.860. The molecular formula is C16H19NO. The predicted molar refractivity (Wildman–Crippen MR) is 68.8 cm³/mol. The lowest BCUT2D eigenvalue weighted by molar-refractivity contribution is 0.00945. The molecule has 94 valence electrons. The Morgan fingerprint density at radius 1 is 1.11 bits per heavy atom. The molecule has 2 saturated heterocycles. The highest BCUT2D eigenvalue weighted by molar-refractivity contribution is 5.34. The standard InChI is InChI=1S/C16H19NO/c1-2-6-12(7-3-1)14-10-13-11-15(8-4-5-9-15)17-16(13,14)18-17/h1-3,6-7,13-14H,4-5,8-11H2. The van der Waals surface area contributed by atoms with Crippen molar-refractivity contribution in [3.63, 3.8) is 0 Å². The smallest absolute Gasteiger partial charge is 0.175 e. The molecule has 2 aliphatic heterocycles. The molecule has 0 radical (unpaired) electrons. The zero-order valence-electron chi connectivity index (χ0n) is 10.6. The van der Waals surface area contributed by atoms with Crippen LogP contribution in [0.3, 0.4) is 0 Å². The number of hydrogen-bond acceptors (Lipinski definition) is 2. The molecule has 18 heavy (non-hydrogen) atoms. The van der Waals surface area contributed by atoms with Crippen LogP contribution in [-0.2, 0) is 4.84 Å². The first-order valence-corrected chi connectivity index (χ1v) is 7.40. The normalized spacial score (nSPS) is 46.6. The van der Waals surface area contributed by atoms with Crippen LogP contribution < -0.4 is 0 Å². The highest BCUT2D eigenvalue weighted by Gasteiger charge is 2.82. The maximum Gasteiger partial charge on any atom is 0.175 e. The third kappa shape index (κ3) is 0.960. The third-order valence-corrected chi connectivity index (χ3v) is 5.92. The predicted octanol–water partition coefficient (Wildman–Crippen LogP) is 3.45.